The van der Waals surface area contributed by atoms with Crippen molar-refractivity contribution in [2.45, 2.75) is 6.61 Å². The molecule has 0 bridgehead atoms. The molecule has 3 aromatic carbocycles. The molecule has 0 N–H and O–H groups in total. The Labute approximate surface area is 187 Å². The van der Waals surface area contributed by atoms with Gasteiger partial charge in [-0.3, -0.25) is 14.9 Å². The summed E-state index contributed by atoms with van der Waals surface area (Å²) < 4.78 is 9.98. The Morgan fingerprint density at radius 1 is 0.906 bits per heavy atom. The molecule has 0 aromatic heterocycles. The first-order valence-corrected chi connectivity index (χ1v) is 9.61. The highest BCUT2D eigenvalue weighted by atomic mass is 35.5. The lowest BCUT2D eigenvalue weighted by molar-refractivity contribution is -0.384. The van der Waals surface area contributed by atoms with E-state index in [1.165, 1.54) is 37.4 Å². The van der Waals surface area contributed by atoms with E-state index in [1.807, 2.05) is 0 Å². The Kier molecular flexibility index (Phi) is 6.97. The van der Waals surface area contributed by atoms with E-state index in [0.29, 0.717) is 11.1 Å². The fraction of sp³-hybridized carbons (Fsp3) is 0.0870. The number of halogens is 1. The molecule has 3 rings (SSSR count). The number of hydrogen-bond acceptors (Lipinski definition) is 7. The normalized spacial score (nSPS) is 10.3. The third-order valence-electron chi connectivity index (χ3n) is 4.51. The van der Waals surface area contributed by atoms with E-state index in [-0.39, 0.29) is 28.3 Å². The van der Waals surface area contributed by atoms with Gasteiger partial charge in [-0.05, 0) is 35.9 Å². The van der Waals surface area contributed by atoms with Crippen LogP contribution in [0.4, 0.5) is 5.69 Å². The molecule has 0 heterocycles. The largest absolute Gasteiger partial charge is 0.465 e. The van der Waals surface area contributed by atoms with Gasteiger partial charge in [0.1, 0.15) is 11.6 Å². The third kappa shape index (κ3) is 4.98. The van der Waals surface area contributed by atoms with E-state index < -0.39 is 28.3 Å². The monoisotopic (exact) mass is 453 g/mol. The first kappa shape index (κ1) is 22.6. The second kappa shape index (κ2) is 9.84. The van der Waals surface area contributed by atoms with Crippen molar-refractivity contribution in [1.82, 2.24) is 0 Å². The smallest absolute Gasteiger partial charge is 0.339 e. The van der Waals surface area contributed by atoms with Crippen LogP contribution in [0.5, 0.6) is 0 Å². The zero-order chi connectivity index (χ0) is 23.3. The van der Waals surface area contributed by atoms with Crippen LogP contribution in [0.25, 0.3) is 0 Å². The summed E-state index contributed by atoms with van der Waals surface area (Å²) in [6, 6.07) is 16.0. The van der Waals surface area contributed by atoms with E-state index in [0.717, 1.165) is 6.07 Å². The molecule has 0 aliphatic heterocycles. The van der Waals surface area contributed by atoms with Crippen molar-refractivity contribution in [3.63, 3.8) is 0 Å². The molecule has 0 saturated carbocycles. The molecule has 0 aliphatic carbocycles. The highest BCUT2D eigenvalue weighted by Crippen LogP contribution is 2.27. The van der Waals surface area contributed by atoms with Crippen LogP contribution < -0.4 is 0 Å². The quantitative estimate of drug-likeness (QED) is 0.222. The van der Waals surface area contributed by atoms with Crippen molar-refractivity contribution in [3.05, 3.63) is 110 Å². The lowest BCUT2D eigenvalue weighted by Gasteiger charge is -2.10. The first-order valence-electron chi connectivity index (χ1n) is 9.24. The van der Waals surface area contributed by atoms with E-state index in [4.69, 9.17) is 16.3 Å². The summed E-state index contributed by atoms with van der Waals surface area (Å²) >= 11 is 5.81. The van der Waals surface area contributed by atoms with Gasteiger partial charge in [-0.15, -0.1) is 0 Å². The summed E-state index contributed by atoms with van der Waals surface area (Å²) in [5.41, 5.74) is 0.478. The van der Waals surface area contributed by atoms with Gasteiger partial charge in [0.2, 0.25) is 0 Å². The molecule has 32 heavy (non-hydrogen) atoms. The molecule has 0 saturated heterocycles. The van der Waals surface area contributed by atoms with Crippen molar-refractivity contribution in [2.75, 3.05) is 7.11 Å². The number of carbonyl (C=O) groups is 3. The van der Waals surface area contributed by atoms with Crippen LogP contribution in [0.2, 0.25) is 5.02 Å². The van der Waals surface area contributed by atoms with Gasteiger partial charge in [0.15, 0.2) is 5.78 Å². The molecular weight excluding hydrogens is 438 g/mol. The van der Waals surface area contributed by atoms with Crippen LogP contribution in [0.1, 0.15) is 42.2 Å². The summed E-state index contributed by atoms with van der Waals surface area (Å²) in [5, 5.41) is 11.0. The molecule has 3 aromatic rings. The van der Waals surface area contributed by atoms with Gasteiger partial charge in [-0.2, -0.15) is 0 Å². The van der Waals surface area contributed by atoms with Gasteiger partial charge in [0, 0.05) is 17.2 Å². The van der Waals surface area contributed by atoms with Gasteiger partial charge in [-0.1, -0.05) is 41.9 Å². The first-order chi connectivity index (χ1) is 15.3. The van der Waals surface area contributed by atoms with Gasteiger partial charge < -0.3 is 9.47 Å². The number of ketones is 1. The molecule has 0 spiro atoms. The average Bonchev–Trinajstić information content (AvgIpc) is 2.81. The van der Waals surface area contributed by atoms with Crippen molar-refractivity contribution in [1.29, 1.82) is 0 Å². The van der Waals surface area contributed by atoms with E-state index in [9.17, 15) is 24.5 Å². The van der Waals surface area contributed by atoms with Crippen LogP contribution in [0.15, 0.2) is 66.7 Å². The van der Waals surface area contributed by atoms with Gasteiger partial charge in [0.05, 0.1) is 23.2 Å². The lowest BCUT2D eigenvalue weighted by Crippen LogP contribution is -2.13. The number of benzene rings is 3. The maximum atomic E-state index is 13.0. The van der Waals surface area contributed by atoms with Crippen molar-refractivity contribution in [3.8, 4) is 0 Å². The van der Waals surface area contributed by atoms with E-state index in [1.54, 1.807) is 30.3 Å². The van der Waals surface area contributed by atoms with Gasteiger partial charge in [0.25, 0.3) is 5.69 Å². The van der Waals surface area contributed by atoms with Crippen LogP contribution in [-0.4, -0.2) is 29.8 Å². The molecule has 0 aliphatic rings. The maximum Gasteiger partial charge on any atom is 0.339 e. The predicted octanol–water partition coefficient (Wildman–Crippen LogP) is 4.62. The molecule has 0 fully saturated rings. The number of nitro benzene ring substituents is 1. The molecule has 0 amide bonds. The minimum absolute atomic E-state index is 0.000717. The fourth-order valence-electron chi connectivity index (χ4n) is 2.94. The lowest BCUT2D eigenvalue weighted by atomic mass is 9.98. The molecular formula is C23H16ClNO7. The molecule has 8 nitrogen and oxygen atoms in total. The number of methoxy groups -OCH3 is 1. The second-order valence-corrected chi connectivity index (χ2v) is 6.97. The van der Waals surface area contributed by atoms with Crippen LogP contribution >= 0.6 is 11.6 Å². The van der Waals surface area contributed by atoms with Crippen LogP contribution in [-0.2, 0) is 16.1 Å². The zero-order valence-corrected chi connectivity index (χ0v) is 17.5. The van der Waals surface area contributed by atoms with Gasteiger partial charge in [-0.25, -0.2) is 9.59 Å². The van der Waals surface area contributed by atoms with Gasteiger partial charge >= 0.3 is 11.9 Å². The van der Waals surface area contributed by atoms with Crippen LogP contribution in [0, 0.1) is 10.1 Å². The Balaban J connectivity index is 1.83. The van der Waals surface area contributed by atoms with Crippen LogP contribution in [0.3, 0.4) is 0 Å². The Morgan fingerprint density at radius 3 is 2.31 bits per heavy atom. The Bertz CT molecular complexity index is 1220. The van der Waals surface area contributed by atoms with Crippen molar-refractivity contribution in [2.24, 2.45) is 0 Å². The molecule has 9 heteroatoms. The van der Waals surface area contributed by atoms with E-state index >= 15 is 0 Å². The third-order valence-corrected chi connectivity index (χ3v) is 4.83. The average molecular weight is 454 g/mol. The summed E-state index contributed by atoms with van der Waals surface area (Å²) in [6.45, 7) is -0.140. The minimum Gasteiger partial charge on any atom is -0.465 e. The molecule has 0 radical (unpaired) electrons. The highest BCUT2D eigenvalue weighted by molar-refractivity contribution is 6.33. The Hall–Kier alpha value is -4.04. The summed E-state index contributed by atoms with van der Waals surface area (Å²) in [6.07, 6.45) is 0. The number of esters is 2. The summed E-state index contributed by atoms with van der Waals surface area (Å²) in [7, 11) is 1.26. The molecule has 0 unspecified atom stereocenters. The minimum atomic E-state index is -0.763. The number of ether oxygens (including phenoxy) is 2. The molecule has 162 valence electrons. The number of hydrogen-bond donors (Lipinski definition) is 0. The maximum absolute atomic E-state index is 13.0. The SMILES string of the molecule is COC(=O)c1cccc(COC(=O)c2ccccc2C(=O)c2ccc(Cl)c([N+](=O)[O-])c2)c1. The van der Waals surface area contributed by atoms with E-state index in [2.05, 4.69) is 4.74 Å². The predicted molar refractivity (Wildman–Crippen MR) is 115 cm³/mol. The topological polar surface area (TPSA) is 113 Å². The standard InChI is InChI=1S/C23H16ClNO7/c1-31-22(27)16-6-4-5-14(11-16)13-32-23(28)18-8-3-2-7-17(18)21(26)15-9-10-19(24)20(12-15)25(29)30/h2-12H,13H2,1H3. The van der Waals surface area contributed by atoms with Crippen molar-refractivity contribution >= 4 is 35.0 Å². The fourth-order valence-corrected chi connectivity index (χ4v) is 3.13. The number of rotatable bonds is 7. The van der Waals surface area contributed by atoms with Crippen molar-refractivity contribution < 1.29 is 28.8 Å². The zero-order valence-electron chi connectivity index (χ0n) is 16.7. The number of carbonyl (C=O) groups excluding carboxylic acids is 3. The number of nitro groups is 1. The molecule has 0 atom stereocenters. The second-order valence-electron chi connectivity index (χ2n) is 6.57. The summed E-state index contributed by atoms with van der Waals surface area (Å²) in [5.74, 6) is -1.88. The summed E-state index contributed by atoms with van der Waals surface area (Å²) in [4.78, 5) is 47.7. The highest BCUT2D eigenvalue weighted by Gasteiger charge is 2.22. The Morgan fingerprint density at radius 2 is 1.62 bits per heavy atom. The number of nitrogens with zero attached hydrogens (tertiary/aromatic N) is 1.